The van der Waals surface area contributed by atoms with Crippen LogP contribution in [0, 0.1) is 0 Å². The summed E-state index contributed by atoms with van der Waals surface area (Å²) in [6.45, 7) is 1.87. The number of rotatable bonds is 3. The van der Waals surface area contributed by atoms with E-state index in [1.165, 1.54) is 12.8 Å². The lowest BCUT2D eigenvalue weighted by Crippen LogP contribution is -2.28. The third-order valence-electron chi connectivity index (χ3n) is 2.09. The van der Waals surface area contributed by atoms with E-state index in [2.05, 4.69) is 15.5 Å². The highest BCUT2D eigenvalue weighted by Crippen LogP contribution is 2.09. The van der Waals surface area contributed by atoms with Crippen LogP contribution in [0.5, 0.6) is 5.75 Å². The van der Waals surface area contributed by atoms with E-state index in [1.54, 1.807) is 12.4 Å². The van der Waals surface area contributed by atoms with Crippen molar-refractivity contribution in [2.24, 2.45) is 0 Å². The molecular weight excluding hydrogens is 154 g/mol. The number of aromatic amines is 1. The molecule has 0 aliphatic carbocycles. The highest BCUT2D eigenvalue weighted by Gasteiger charge is 2.14. The Hall–Kier alpha value is -1.03. The molecule has 2 N–H and O–H groups in total. The van der Waals surface area contributed by atoms with Gasteiger partial charge >= 0.3 is 0 Å². The van der Waals surface area contributed by atoms with Crippen LogP contribution in [0.25, 0.3) is 0 Å². The van der Waals surface area contributed by atoms with Gasteiger partial charge in [0.05, 0.1) is 12.4 Å². The van der Waals surface area contributed by atoms with Gasteiger partial charge in [0.15, 0.2) is 5.75 Å². The van der Waals surface area contributed by atoms with Crippen LogP contribution in [-0.2, 0) is 0 Å². The topological polar surface area (TPSA) is 49.9 Å². The molecule has 2 heterocycles. The zero-order valence-corrected chi connectivity index (χ0v) is 6.92. The largest absolute Gasteiger partial charge is 0.489 e. The molecule has 1 saturated heterocycles. The van der Waals surface area contributed by atoms with E-state index < -0.39 is 0 Å². The molecule has 4 nitrogen and oxygen atoms in total. The molecule has 12 heavy (non-hydrogen) atoms. The minimum Gasteiger partial charge on any atom is -0.489 e. The van der Waals surface area contributed by atoms with Gasteiger partial charge in [-0.15, -0.1) is 0 Å². The first kappa shape index (κ1) is 7.61. The molecule has 0 aromatic carbocycles. The van der Waals surface area contributed by atoms with E-state index >= 15 is 0 Å². The molecule has 0 radical (unpaired) electrons. The molecule has 1 fully saturated rings. The molecule has 2 rings (SSSR count). The van der Waals surface area contributed by atoms with Crippen molar-refractivity contribution in [3.05, 3.63) is 12.4 Å². The fourth-order valence-electron chi connectivity index (χ4n) is 1.41. The molecule has 0 amide bonds. The lowest BCUT2D eigenvalue weighted by atomic mass is 10.2. The van der Waals surface area contributed by atoms with Gasteiger partial charge in [0.25, 0.3) is 0 Å². The third kappa shape index (κ3) is 1.76. The van der Waals surface area contributed by atoms with Crippen molar-refractivity contribution >= 4 is 0 Å². The van der Waals surface area contributed by atoms with Gasteiger partial charge in [0.1, 0.15) is 6.61 Å². The quantitative estimate of drug-likeness (QED) is 0.690. The minimum atomic E-state index is 0.528. The summed E-state index contributed by atoms with van der Waals surface area (Å²) in [5, 5.41) is 9.87. The molecule has 1 aliphatic rings. The van der Waals surface area contributed by atoms with E-state index in [9.17, 15) is 0 Å². The molecule has 1 unspecified atom stereocenters. The van der Waals surface area contributed by atoms with Crippen molar-refractivity contribution in [3.8, 4) is 5.75 Å². The van der Waals surface area contributed by atoms with Crippen molar-refractivity contribution in [3.63, 3.8) is 0 Å². The number of nitrogens with zero attached hydrogens (tertiary/aromatic N) is 1. The number of nitrogens with one attached hydrogen (secondary N) is 2. The van der Waals surface area contributed by atoms with Crippen LogP contribution in [0.3, 0.4) is 0 Å². The maximum absolute atomic E-state index is 5.47. The van der Waals surface area contributed by atoms with Crippen molar-refractivity contribution < 1.29 is 4.74 Å². The van der Waals surface area contributed by atoms with Crippen LogP contribution in [0.1, 0.15) is 12.8 Å². The Bertz CT molecular complexity index is 216. The summed E-state index contributed by atoms with van der Waals surface area (Å²) in [7, 11) is 0. The molecule has 66 valence electrons. The fraction of sp³-hybridized carbons (Fsp3) is 0.625. The Balaban J connectivity index is 1.74. The van der Waals surface area contributed by atoms with E-state index in [0.29, 0.717) is 6.04 Å². The number of hydrogen-bond donors (Lipinski definition) is 2. The van der Waals surface area contributed by atoms with Crippen LogP contribution in [-0.4, -0.2) is 29.4 Å². The van der Waals surface area contributed by atoms with Crippen molar-refractivity contribution in [2.75, 3.05) is 13.2 Å². The number of aromatic nitrogens is 2. The van der Waals surface area contributed by atoms with Gasteiger partial charge < -0.3 is 10.1 Å². The highest BCUT2D eigenvalue weighted by molar-refractivity contribution is 5.10. The summed E-state index contributed by atoms with van der Waals surface area (Å²) in [6, 6.07) is 0.528. The molecule has 1 aromatic rings. The second-order valence-corrected chi connectivity index (χ2v) is 3.04. The summed E-state index contributed by atoms with van der Waals surface area (Å²) < 4.78 is 5.47. The summed E-state index contributed by atoms with van der Waals surface area (Å²) in [5.41, 5.74) is 0. The SMILES string of the molecule is c1n[nH]cc1OCC1CCCN1. The second kappa shape index (κ2) is 3.58. The Labute approximate surface area is 71.3 Å². The van der Waals surface area contributed by atoms with Gasteiger partial charge in [-0.2, -0.15) is 5.10 Å². The Morgan fingerprint density at radius 3 is 3.33 bits per heavy atom. The van der Waals surface area contributed by atoms with Gasteiger partial charge in [0.2, 0.25) is 0 Å². The minimum absolute atomic E-state index is 0.528. The molecule has 0 spiro atoms. The zero-order valence-electron chi connectivity index (χ0n) is 6.92. The van der Waals surface area contributed by atoms with E-state index in [-0.39, 0.29) is 0 Å². The maximum atomic E-state index is 5.47. The average molecular weight is 167 g/mol. The number of hydrogen-bond acceptors (Lipinski definition) is 3. The lowest BCUT2D eigenvalue weighted by molar-refractivity contribution is 0.277. The van der Waals surface area contributed by atoms with Crippen molar-refractivity contribution in [1.29, 1.82) is 0 Å². The van der Waals surface area contributed by atoms with E-state index in [0.717, 1.165) is 18.9 Å². The molecule has 0 bridgehead atoms. The summed E-state index contributed by atoms with van der Waals surface area (Å²) in [5.74, 6) is 0.823. The first-order valence-electron chi connectivity index (χ1n) is 4.30. The molecular formula is C8H13N3O. The normalized spacial score (nSPS) is 22.8. The van der Waals surface area contributed by atoms with Gasteiger partial charge in [0, 0.05) is 6.04 Å². The summed E-state index contributed by atoms with van der Waals surface area (Å²) in [4.78, 5) is 0. The maximum Gasteiger partial charge on any atom is 0.156 e. The smallest absolute Gasteiger partial charge is 0.156 e. The standard InChI is InChI=1S/C8H13N3O/c1-2-7(9-3-1)6-12-8-4-10-11-5-8/h4-5,7,9H,1-3,6H2,(H,10,11). The summed E-state index contributed by atoms with van der Waals surface area (Å²) >= 11 is 0. The van der Waals surface area contributed by atoms with Gasteiger partial charge in [-0.1, -0.05) is 0 Å². The number of ether oxygens (including phenoxy) is 1. The van der Waals surface area contributed by atoms with Crippen LogP contribution in [0.2, 0.25) is 0 Å². The van der Waals surface area contributed by atoms with Gasteiger partial charge in [-0.3, -0.25) is 5.10 Å². The zero-order chi connectivity index (χ0) is 8.23. The fourth-order valence-corrected chi connectivity index (χ4v) is 1.41. The Morgan fingerprint density at radius 2 is 2.67 bits per heavy atom. The van der Waals surface area contributed by atoms with Crippen molar-refractivity contribution in [1.82, 2.24) is 15.5 Å². The van der Waals surface area contributed by atoms with Crippen LogP contribution in [0.4, 0.5) is 0 Å². The third-order valence-corrected chi connectivity index (χ3v) is 2.09. The Kier molecular flexibility index (Phi) is 2.27. The highest BCUT2D eigenvalue weighted by atomic mass is 16.5. The van der Waals surface area contributed by atoms with E-state index in [4.69, 9.17) is 4.74 Å². The predicted octanol–water partition coefficient (Wildman–Crippen LogP) is 0.540. The molecule has 4 heteroatoms. The van der Waals surface area contributed by atoms with E-state index in [1.807, 2.05) is 0 Å². The lowest BCUT2D eigenvalue weighted by Gasteiger charge is -2.09. The molecule has 1 atom stereocenters. The van der Waals surface area contributed by atoms with Crippen LogP contribution < -0.4 is 10.1 Å². The number of H-pyrrole nitrogens is 1. The van der Waals surface area contributed by atoms with Crippen LogP contribution in [0.15, 0.2) is 12.4 Å². The second-order valence-electron chi connectivity index (χ2n) is 3.04. The first-order valence-corrected chi connectivity index (χ1v) is 4.30. The molecule has 1 aromatic heterocycles. The van der Waals surface area contributed by atoms with Crippen LogP contribution >= 0.6 is 0 Å². The Morgan fingerprint density at radius 1 is 1.67 bits per heavy atom. The first-order chi connectivity index (χ1) is 5.95. The van der Waals surface area contributed by atoms with Gasteiger partial charge in [-0.05, 0) is 19.4 Å². The molecule has 1 aliphatic heterocycles. The summed E-state index contributed by atoms with van der Waals surface area (Å²) in [6.07, 6.45) is 5.93. The average Bonchev–Trinajstić information content (AvgIpc) is 2.74. The monoisotopic (exact) mass is 167 g/mol. The van der Waals surface area contributed by atoms with Gasteiger partial charge in [-0.25, -0.2) is 0 Å². The predicted molar refractivity (Wildman–Crippen MR) is 45.1 cm³/mol. The van der Waals surface area contributed by atoms with Crippen molar-refractivity contribution in [2.45, 2.75) is 18.9 Å². The molecule has 0 saturated carbocycles.